The molecule has 2 unspecified atom stereocenters. The molecule has 2 N–H and O–H groups in total. The number of hydrogen-bond donors (Lipinski definition) is 2. The van der Waals surface area contributed by atoms with Crippen LogP contribution in [0.25, 0.3) is 0 Å². The summed E-state index contributed by atoms with van der Waals surface area (Å²) in [6.07, 6.45) is 2.44. The number of nitrogens with one attached hydrogen (secondary N) is 2. The highest BCUT2D eigenvalue weighted by molar-refractivity contribution is 5.87. The van der Waals surface area contributed by atoms with Crippen LogP contribution in [-0.2, 0) is 19.1 Å². The predicted octanol–water partition coefficient (Wildman–Crippen LogP) is 0.401. The van der Waals surface area contributed by atoms with Crippen molar-refractivity contribution in [3.05, 3.63) is 25.3 Å². The highest BCUT2D eigenvalue weighted by Crippen LogP contribution is 1.88. The first-order valence-electron chi connectivity index (χ1n) is 6.51. The maximum atomic E-state index is 11.0. The van der Waals surface area contributed by atoms with Gasteiger partial charge >= 0.3 is 0 Å². The predicted molar refractivity (Wildman–Crippen MR) is 77.2 cm³/mol. The van der Waals surface area contributed by atoms with Crippen LogP contribution in [0.2, 0.25) is 0 Å². The zero-order chi connectivity index (χ0) is 15.4. The highest BCUT2D eigenvalue weighted by atomic mass is 16.5. The summed E-state index contributed by atoms with van der Waals surface area (Å²) >= 11 is 0. The molecule has 20 heavy (non-hydrogen) atoms. The fraction of sp³-hybridized carbons (Fsp3) is 0.571. The molecule has 0 bridgehead atoms. The topological polar surface area (TPSA) is 76.7 Å². The van der Waals surface area contributed by atoms with Crippen LogP contribution in [0.4, 0.5) is 0 Å². The van der Waals surface area contributed by atoms with Gasteiger partial charge < -0.3 is 20.1 Å². The summed E-state index contributed by atoms with van der Waals surface area (Å²) in [6.45, 7) is 12.1. The van der Waals surface area contributed by atoms with Gasteiger partial charge in [-0.3, -0.25) is 9.59 Å². The number of carbonyl (C=O) groups excluding carboxylic acids is 2. The van der Waals surface area contributed by atoms with Crippen LogP contribution >= 0.6 is 0 Å². The van der Waals surface area contributed by atoms with E-state index in [9.17, 15) is 9.59 Å². The number of rotatable bonds is 11. The number of carbonyl (C=O) groups is 2. The van der Waals surface area contributed by atoms with E-state index in [4.69, 9.17) is 9.47 Å². The lowest BCUT2D eigenvalue weighted by Gasteiger charge is -2.14. The molecule has 0 spiro atoms. The fourth-order valence-electron chi connectivity index (χ4n) is 1.32. The molecule has 114 valence electrons. The van der Waals surface area contributed by atoms with E-state index in [1.807, 2.05) is 13.8 Å². The molecule has 0 aliphatic carbocycles. The third-order valence-corrected chi connectivity index (χ3v) is 2.26. The first kappa shape index (κ1) is 18.3. The summed E-state index contributed by atoms with van der Waals surface area (Å²) in [5, 5.41) is 5.37. The Morgan fingerprint density at radius 2 is 1.30 bits per heavy atom. The van der Waals surface area contributed by atoms with E-state index in [-0.39, 0.29) is 23.9 Å². The number of ether oxygens (including phenoxy) is 2. The molecule has 2 atom stereocenters. The molecule has 0 fully saturated rings. The van der Waals surface area contributed by atoms with Gasteiger partial charge in [-0.05, 0) is 26.0 Å². The quantitative estimate of drug-likeness (QED) is 0.425. The summed E-state index contributed by atoms with van der Waals surface area (Å²) in [7, 11) is 0. The summed E-state index contributed by atoms with van der Waals surface area (Å²) < 4.78 is 10.7. The van der Waals surface area contributed by atoms with Gasteiger partial charge in [0.15, 0.2) is 0 Å². The lowest BCUT2D eigenvalue weighted by molar-refractivity contribution is -0.118. The molecule has 0 heterocycles. The molecule has 2 amide bonds. The second-order valence-electron chi connectivity index (χ2n) is 4.38. The Labute approximate surface area is 120 Å². The number of hydrogen-bond acceptors (Lipinski definition) is 4. The zero-order valence-corrected chi connectivity index (χ0v) is 12.2. The Morgan fingerprint density at radius 1 is 0.950 bits per heavy atom. The molecule has 6 heteroatoms. The van der Waals surface area contributed by atoms with Crippen molar-refractivity contribution in [2.45, 2.75) is 25.9 Å². The van der Waals surface area contributed by atoms with Gasteiger partial charge in [0.25, 0.3) is 0 Å². The molecule has 0 saturated carbocycles. The molecule has 0 aliphatic rings. The fourth-order valence-corrected chi connectivity index (χ4v) is 1.32. The third kappa shape index (κ3) is 10.3. The van der Waals surface area contributed by atoms with Crippen LogP contribution < -0.4 is 10.6 Å². The summed E-state index contributed by atoms with van der Waals surface area (Å²) in [5.74, 6) is -0.437. The van der Waals surface area contributed by atoms with Crippen molar-refractivity contribution in [3.63, 3.8) is 0 Å². The van der Waals surface area contributed by atoms with E-state index >= 15 is 0 Å². The Hall–Kier alpha value is -1.66. The largest absolute Gasteiger partial charge is 0.377 e. The van der Waals surface area contributed by atoms with Gasteiger partial charge in [-0.1, -0.05) is 13.2 Å². The second-order valence-corrected chi connectivity index (χ2v) is 4.38. The average molecular weight is 284 g/mol. The lowest BCUT2D eigenvalue weighted by atomic mass is 10.3. The highest BCUT2D eigenvalue weighted by Gasteiger charge is 2.05. The molecule has 0 rings (SSSR count). The molecule has 0 aromatic heterocycles. The minimum Gasteiger partial charge on any atom is -0.377 e. The van der Waals surface area contributed by atoms with Crippen LogP contribution in [-0.4, -0.2) is 50.3 Å². The maximum absolute atomic E-state index is 11.0. The minimum atomic E-state index is -0.218. The Kier molecular flexibility index (Phi) is 10.3. The molecule has 0 saturated heterocycles. The zero-order valence-electron chi connectivity index (χ0n) is 12.2. The van der Waals surface area contributed by atoms with Crippen molar-refractivity contribution in [1.29, 1.82) is 0 Å². The standard InChI is InChI=1S/C14H24N2O4/c1-5-13(17)15-11(3)9-19-7-8-20-10-12(4)16-14(18)6-2/h5-6,11-12H,1-2,7-10H2,3-4H3,(H,15,17)(H,16,18). The lowest BCUT2D eigenvalue weighted by Crippen LogP contribution is -2.36. The number of amides is 2. The summed E-state index contributed by atoms with van der Waals surface area (Å²) in [6, 6.07) is -0.155. The molecule has 0 aliphatic heterocycles. The third-order valence-electron chi connectivity index (χ3n) is 2.26. The first-order chi connectivity index (χ1) is 9.49. The van der Waals surface area contributed by atoms with Gasteiger partial charge in [-0.15, -0.1) is 0 Å². The van der Waals surface area contributed by atoms with Crippen molar-refractivity contribution >= 4 is 11.8 Å². The normalized spacial score (nSPS) is 13.1. The molecule has 0 radical (unpaired) electrons. The van der Waals surface area contributed by atoms with Crippen molar-refractivity contribution in [2.24, 2.45) is 0 Å². The van der Waals surface area contributed by atoms with Gasteiger partial charge in [0.05, 0.1) is 26.4 Å². The van der Waals surface area contributed by atoms with E-state index in [0.717, 1.165) is 0 Å². The summed E-state index contributed by atoms with van der Waals surface area (Å²) in [4.78, 5) is 22.0. The maximum Gasteiger partial charge on any atom is 0.243 e. The van der Waals surface area contributed by atoms with Crippen molar-refractivity contribution in [3.8, 4) is 0 Å². The second kappa shape index (κ2) is 11.2. The molecular weight excluding hydrogens is 260 g/mol. The smallest absolute Gasteiger partial charge is 0.243 e. The van der Waals surface area contributed by atoms with Gasteiger partial charge in [0, 0.05) is 12.1 Å². The van der Waals surface area contributed by atoms with Crippen molar-refractivity contribution in [2.75, 3.05) is 26.4 Å². The van der Waals surface area contributed by atoms with Crippen LogP contribution in [0.3, 0.4) is 0 Å². The molecular formula is C14H24N2O4. The van der Waals surface area contributed by atoms with E-state index in [0.29, 0.717) is 26.4 Å². The van der Waals surface area contributed by atoms with E-state index in [1.165, 1.54) is 12.2 Å². The minimum absolute atomic E-state index is 0.0775. The van der Waals surface area contributed by atoms with Crippen LogP contribution in [0.1, 0.15) is 13.8 Å². The van der Waals surface area contributed by atoms with Crippen LogP contribution in [0.5, 0.6) is 0 Å². The van der Waals surface area contributed by atoms with Crippen molar-refractivity contribution in [1.82, 2.24) is 10.6 Å². The Morgan fingerprint density at radius 3 is 1.60 bits per heavy atom. The van der Waals surface area contributed by atoms with Gasteiger partial charge in [0.1, 0.15) is 0 Å². The van der Waals surface area contributed by atoms with Crippen LogP contribution in [0, 0.1) is 0 Å². The van der Waals surface area contributed by atoms with E-state index in [1.54, 1.807) is 0 Å². The Bertz CT molecular complexity index is 299. The Balaban J connectivity index is 3.48. The average Bonchev–Trinajstić information content (AvgIpc) is 2.42. The SMILES string of the molecule is C=CC(=O)NC(C)COCCOCC(C)NC(=O)C=C. The molecule has 0 aromatic rings. The first-order valence-corrected chi connectivity index (χ1v) is 6.51. The molecule has 0 aromatic carbocycles. The van der Waals surface area contributed by atoms with Gasteiger partial charge in [0.2, 0.25) is 11.8 Å². The van der Waals surface area contributed by atoms with Gasteiger partial charge in [-0.2, -0.15) is 0 Å². The van der Waals surface area contributed by atoms with E-state index in [2.05, 4.69) is 23.8 Å². The summed E-state index contributed by atoms with van der Waals surface area (Å²) in [5.41, 5.74) is 0. The van der Waals surface area contributed by atoms with Crippen molar-refractivity contribution < 1.29 is 19.1 Å². The van der Waals surface area contributed by atoms with Crippen LogP contribution in [0.15, 0.2) is 25.3 Å². The van der Waals surface area contributed by atoms with E-state index < -0.39 is 0 Å². The van der Waals surface area contributed by atoms with Gasteiger partial charge in [-0.25, -0.2) is 0 Å². The molecule has 6 nitrogen and oxygen atoms in total. The monoisotopic (exact) mass is 284 g/mol.